The summed E-state index contributed by atoms with van der Waals surface area (Å²) in [4.78, 5) is 0. The van der Waals surface area contributed by atoms with Crippen LogP contribution in [0, 0.1) is 0 Å². The second kappa shape index (κ2) is 5.64. The van der Waals surface area contributed by atoms with Crippen LogP contribution in [0.25, 0.3) is 6.08 Å². The lowest BCUT2D eigenvalue weighted by atomic mass is 10.2. The Hall–Kier alpha value is -0.980. The number of rotatable bonds is 4. The van der Waals surface area contributed by atoms with Crippen molar-refractivity contribution in [3.8, 4) is 0 Å². The van der Waals surface area contributed by atoms with Gasteiger partial charge in [-0.25, -0.2) is 4.57 Å². The molecule has 0 aliphatic heterocycles. The second-order valence-electron chi connectivity index (χ2n) is 2.18. The van der Waals surface area contributed by atoms with Crippen molar-refractivity contribution in [2.45, 2.75) is 0 Å². The van der Waals surface area contributed by atoms with Crippen molar-refractivity contribution in [3.63, 3.8) is 0 Å². The maximum absolute atomic E-state index is 9.86. The SMILES string of the molecule is O=POC/C=C/c1ccccc1. The van der Waals surface area contributed by atoms with Gasteiger partial charge in [0.25, 0.3) is 0 Å². The number of hydrogen-bond acceptors (Lipinski definition) is 2. The van der Waals surface area contributed by atoms with Gasteiger partial charge in [0.1, 0.15) is 0 Å². The first-order valence-electron chi connectivity index (χ1n) is 3.59. The van der Waals surface area contributed by atoms with Crippen LogP contribution < -0.4 is 0 Å². The lowest BCUT2D eigenvalue weighted by Crippen LogP contribution is -1.75. The molecule has 0 aliphatic rings. The van der Waals surface area contributed by atoms with Crippen molar-refractivity contribution < 1.29 is 9.09 Å². The Labute approximate surface area is 73.2 Å². The lowest BCUT2D eigenvalue weighted by Gasteiger charge is -1.89. The summed E-state index contributed by atoms with van der Waals surface area (Å²) in [5, 5.41) is 0. The number of hydrogen-bond donors (Lipinski definition) is 0. The molecule has 1 aromatic carbocycles. The molecule has 0 aromatic heterocycles. The summed E-state index contributed by atoms with van der Waals surface area (Å²) < 4.78 is 14.4. The molecule has 0 fully saturated rings. The molecule has 0 atom stereocenters. The maximum atomic E-state index is 9.86. The number of benzene rings is 1. The van der Waals surface area contributed by atoms with E-state index in [0.717, 1.165) is 5.56 Å². The molecule has 2 nitrogen and oxygen atoms in total. The van der Waals surface area contributed by atoms with Crippen LogP contribution in [0.15, 0.2) is 36.4 Å². The molecule has 62 valence electrons. The van der Waals surface area contributed by atoms with E-state index in [1.165, 1.54) is 0 Å². The molecule has 0 radical (unpaired) electrons. The highest BCUT2D eigenvalue weighted by molar-refractivity contribution is 7.17. The third-order valence-corrected chi connectivity index (χ3v) is 1.59. The van der Waals surface area contributed by atoms with Gasteiger partial charge in [-0.2, -0.15) is 0 Å². The normalized spacial score (nSPS) is 11.0. The van der Waals surface area contributed by atoms with Gasteiger partial charge in [0.15, 0.2) is 0 Å². The maximum Gasteiger partial charge on any atom is 0.327 e. The third kappa shape index (κ3) is 3.42. The van der Waals surface area contributed by atoms with Gasteiger partial charge < -0.3 is 0 Å². The zero-order valence-electron chi connectivity index (χ0n) is 6.51. The molecule has 0 unspecified atom stereocenters. The van der Waals surface area contributed by atoms with E-state index in [9.17, 15) is 4.57 Å². The summed E-state index contributed by atoms with van der Waals surface area (Å²) >= 11 is 0. The minimum atomic E-state index is -0.270. The predicted octanol–water partition coefficient (Wildman–Crippen LogP) is 2.92. The zero-order chi connectivity index (χ0) is 8.65. The summed E-state index contributed by atoms with van der Waals surface area (Å²) in [6, 6.07) is 9.87. The molecule has 0 bridgehead atoms. The zero-order valence-corrected chi connectivity index (χ0v) is 7.41. The van der Waals surface area contributed by atoms with Crippen molar-refractivity contribution in [3.05, 3.63) is 42.0 Å². The van der Waals surface area contributed by atoms with Crippen LogP contribution in [0.3, 0.4) is 0 Å². The first-order chi connectivity index (χ1) is 5.93. The first kappa shape index (κ1) is 9.11. The van der Waals surface area contributed by atoms with Crippen molar-refractivity contribution in [1.82, 2.24) is 0 Å². The average molecular weight is 180 g/mol. The van der Waals surface area contributed by atoms with Crippen LogP contribution >= 0.6 is 8.69 Å². The van der Waals surface area contributed by atoms with Crippen LogP contribution in [-0.2, 0) is 9.09 Å². The lowest BCUT2D eigenvalue weighted by molar-refractivity contribution is 0.388. The van der Waals surface area contributed by atoms with Crippen LogP contribution in [0.4, 0.5) is 0 Å². The van der Waals surface area contributed by atoms with Gasteiger partial charge in [0.2, 0.25) is 0 Å². The van der Waals surface area contributed by atoms with E-state index >= 15 is 0 Å². The minimum Gasteiger partial charge on any atom is -0.290 e. The predicted molar refractivity (Wildman–Crippen MR) is 49.0 cm³/mol. The fourth-order valence-corrected chi connectivity index (χ4v) is 0.969. The van der Waals surface area contributed by atoms with Gasteiger partial charge in [-0.05, 0) is 5.56 Å². The van der Waals surface area contributed by atoms with E-state index in [1.54, 1.807) is 0 Å². The molecule has 1 rings (SSSR count). The monoisotopic (exact) mass is 180 g/mol. The summed E-state index contributed by atoms with van der Waals surface area (Å²) in [7, 11) is -0.270. The molecule has 12 heavy (non-hydrogen) atoms. The molecule has 0 spiro atoms. The van der Waals surface area contributed by atoms with Gasteiger partial charge in [-0.15, -0.1) is 0 Å². The van der Waals surface area contributed by atoms with Crippen LogP contribution in [0.5, 0.6) is 0 Å². The Bertz CT molecular complexity index is 256. The molecule has 3 heteroatoms. The van der Waals surface area contributed by atoms with Crippen molar-refractivity contribution >= 4 is 14.8 Å². The standard InChI is InChI=1S/C9H9O2P/c10-12-11-8-4-7-9-5-2-1-3-6-9/h1-7H,8H2/b7-4+. The van der Waals surface area contributed by atoms with Gasteiger partial charge in [-0.1, -0.05) is 42.5 Å². The molecule has 0 saturated heterocycles. The van der Waals surface area contributed by atoms with E-state index < -0.39 is 0 Å². The fraction of sp³-hybridized carbons (Fsp3) is 0.111. The summed E-state index contributed by atoms with van der Waals surface area (Å²) in [6.07, 6.45) is 3.74. The molecule has 0 aliphatic carbocycles. The first-order valence-corrected chi connectivity index (χ1v) is 4.33. The highest BCUT2D eigenvalue weighted by Crippen LogP contribution is 2.01. The Balaban J connectivity index is 2.41. The molecule has 0 amide bonds. The molecular formula is C9H9O2P. The summed E-state index contributed by atoms with van der Waals surface area (Å²) in [5.41, 5.74) is 1.11. The van der Waals surface area contributed by atoms with Crippen LogP contribution in [0.1, 0.15) is 5.56 Å². The molecule has 1 aromatic rings. The quantitative estimate of drug-likeness (QED) is 0.526. The van der Waals surface area contributed by atoms with E-state index in [1.807, 2.05) is 42.5 Å². The van der Waals surface area contributed by atoms with Crippen molar-refractivity contribution in [2.24, 2.45) is 0 Å². The second-order valence-corrected chi connectivity index (χ2v) is 2.59. The minimum absolute atomic E-state index is 0.270. The van der Waals surface area contributed by atoms with Crippen LogP contribution in [-0.4, -0.2) is 6.61 Å². The third-order valence-electron chi connectivity index (χ3n) is 1.33. The largest absolute Gasteiger partial charge is 0.327 e. The molecular weight excluding hydrogens is 171 g/mol. The summed E-state index contributed by atoms with van der Waals surface area (Å²) in [6.45, 7) is 0.375. The Morgan fingerprint density at radius 2 is 2.08 bits per heavy atom. The Morgan fingerprint density at radius 1 is 1.33 bits per heavy atom. The smallest absolute Gasteiger partial charge is 0.290 e. The van der Waals surface area contributed by atoms with Gasteiger partial charge in [0, 0.05) is 0 Å². The van der Waals surface area contributed by atoms with Crippen molar-refractivity contribution in [1.29, 1.82) is 0 Å². The molecule has 0 heterocycles. The van der Waals surface area contributed by atoms with Gasteiger partial charge in [0.05, 0.1) is 6.61 Å². The fourth-order valence-electron chi connectivity index (χ4n) is 0.822. The Morgan fingerprint density at radius 3 is 2.75 bits per heavy atom. The molecule has 0 N–H and O–H groups in total. The van der Waals surface area contributed by atoms with Gasteiger partial charge in [-0.3, -0.25) is 4.52 Å². The Kier molecular flexibility index (Phi) is 4.28. The van der Waals surface area contributed by atoms with E-state index in [0.29, 0.717) is 6.61 Å². The average Bonchev–Trinajstić information content (AvgIpc) is 2.14. The summed E-state index contributed by atoms with van der Waals surface area (Å²) in [5.74, 6) is 0. The highest BCUT2D eigenvalue weighted by Gasteiger charge is 1.82. The van der Waals surface area contributed by atoms with E-state index in [-0.39, 0.29) is 8.69 Å². The van der Waals surface area contributed by atoms with E-state index in [2.05, 4.69) is 4.52 Å². The van der Waals surface area contributed by atoms with E-state index in [4.69, 9.17) is 0 Å². The van der Waals surface area contributed by atoms with Crippen molar-refractivity contribution in [2.75, 3.05) is 6.61 Å². The molecule has 0 saturated carbocycles. The van der Waals surface area contributed by atoms with Crippen LogP contribution in [0.2, 0.25) is 0 Å². The topological polar surface area (TPSA) is 26.3 Å². The van der Waals surface area contributed by atoms with Gasteiger partial charge >= 0.3 is 8.69 Å². The highest BCUT2D eigenvalue weighted by atomic mass is 31.1.